The van der Waals surface area contributed by atoms with Gasteiger partial charge in [0.2, 0.25) is 0 Å². The minimum Gasteiger partial charge on any atom is -0.507 e. The van der Waals surface area contributed by atoms with Crippen LogP contribution >= 0.6 is 11.3 Å². The first-order valence-corrected chi connectivity index (χ1v) is 8.71. The Bertz CT molecular complexity index is 882. The quantitative estimate of drug-likeness (QED) is 0.666. The Balaban J connectivity index is 2.05. The van der Waals surface area contributed by atoms with Gasteiger partial charge in [0.25, 0.3) is 0 Å². The second kappa shape index (κ2) is 7.32. The van der Waals surface area contributed by atoms with E-state index in [0.717, 1.165) is 11.1 Å². The molecule has 0 fully saturated rings. The highest BCUT2D eigenvalue weighted by Gasteiger charge is 2.16. The predicted molar refractivity (Wildman–Crippen MR) is 104 cm³/mol. The van der Waals surface area contributed by atoms with Crippen LogP contribution in [0.15, 0.2) is 48.6 Å². The number of nitrogens with zero attached hydrogens (tertiary/aromatic N) is 2. The number of aromatic nitrogens is 2. The molecule has 126 valence electrons. The van der Waals surface area contributed by atoms with Crippen LogP contribution in [-0.2, 0) is 0 Å². The van der Waals surface area contributed by atoms with Crippen molar-refractivity contribution in [3.8, 4) is 32.6 Å². The molecule has 0 unspecified atom stereocenters. The SMILES string of the molecule is C/C=C/c1cccc(-c2nnc(-c3cccc(/C=C/C)c3O)s2)c1O. The molecule has 0 spiro atoms. The number of aromatic hydroxyl groups is 2. The van der Waals surface area contributed by atoms with Crippen molar-refractivity contribution < 1.29 is 10.2 Å². The molecule has 2 N–H and O–H groups in total. The van der Waals surface area contributed by atoms with Crippen molar-refractivity contribution >= 4 is 23.5 Å². The summed E-state index contributed by atoms with van der Waals surface area (Å²) in [6.45, 7) is 3.80. The summed E-state index contributed by atoms with van der Waals surface area (Å²) in [6.07, 6.45) is 7.42. The molecule has 0 bridgehead atoms. The molecule has 4 nitrogen and oxygen atoms in total. The van der Waals surface area contributed by atoms with E-state index in [9.17, 15) is 10.2 Å². The molecule has 5 heteroatoms. The van der Waals surface area contributed by atoms with Crippen LogP contribution in [0.25, 0.3) is 33.3 Å². The molecule has 2 aromatic carbocycles. The van der Waals surface area contributed by atoms with Gasteiger partial charge in [-0.25, -0.2) is 0 Å². The maximum atomic E-state index is 10.5. The minimum atomic E-state index is 0.176. The van der Waals surface area contributed by atoms with E-state index >= 15 is 0 Å². The zero-order valence-corrected chi connectivity index (χ0v) is 14.8. The van der Waals surface area contributed by atoms with E-state index in [1.807, 2.05) is 74.5 Å². The molecule has 0 aliphatic rings. The highest BCUT2D eigenvalue weighted by molar-refractivity contribution is 7.18. The number of rotatable bonds is 4. The Hall–Kier alpha value is -2.92. The molecule has 0 aliphatic carbocycles. The molecular formula is C20H18N2O2S. The summed E-state index contributed by atoms with van der Waals surface area (Å²) in [5, 5.41) is 30.5. The van der Waals surface area contributed by atoms with E-state index in [1.165, 1.54) is 11.3 Å². The van der Waals surface area contributed by atoms with Gasteiger partial charge in [0.1, 0.15) is 11.5 Å². The van der Waals surface area contributed by atoms with Gasteiger partial charge in [-0.2, -0.15) is 0 Å². The van der Waals surface area contributed by atoms with Crippen LogP contribution < -0.4 is 0 Å². The zero-order valence-electron chi connectivity index (χ0n) is 14.0. The first-order valence-electron chi connectivity index (χ1n) is 7.89. The normalized spacial score (nSPS) is 11.6. The number of hydrogen-bond donors (Lipinski definition) is 2. The van der Waals surface area contributed by atoms with Crippen molar-refractivity contribution in [1.29, 1.82) is 0 Å². The average Bonchev–Trinajstić information content (AvgIpc) is 3.08. The Morgan fingerprint density at radius 3 is 1.60 bits per heavy atom. The van der Waals surface area contributed by atoms with Crippen molar-refractivity contribution in [3.05, 3.63) is 59.7 Å². The van der Waals surface area contributed by atoms with Crippen LogP contribution in [0, 0.1) is 0 Å². The molecule has 0 saturated carbocycles. The molecule has 0 radical (unpaired) electrons. The van der Waals surface area contributed by atoms with Crippen LogP contribution in [0.1, 0.15) is 25.0 Å². The zero-order chi connectivity index (χ0) is 17.8. The van der Waals surface area contributed by atoms with Gasteiger partial charge in [0.15, 0.2) is 10.0 Å². The van der Waals surface area contributed by atoms with Crippen LogP contribution in [-0.4, -0.2) is 20.4 Å². The van der Waals surface area contributed by atoms with E-state index in [1.54, 1.807) is 0 Å². The average molecular weight is 350 g/mol. The third-order valence-electron chi connectivity index (χ3n) is 3.71. The topological polar surface area (TPSA) is 66.2 Å². The number of phenolic OH excluding ortho intramolecular Hbond substituents is 2. The maximum Gasteiger partial charge on any atom is 0.151 e. The van der Waals surface area contributed by atoms with Crippen molar-refractivity contribution in [1.82, 2.24) is 10.2 Å². The van der Waals surface area contributed by atoms with Crippen molar-refractivity contribution in [2.24, 2.45) is 0 Å². The largest absolute Gasteiger partial charge is 0.507 e. The number of benzene rings is 2. The van der Waals surface area contributed by atoms with Crippen LogP contribution in [0.3, 0.4) is 0 Å². The minimum absolute atomic E-state index is 0.176. The van der Waals surface area contributed by atoms with Crippen molar-refractivity contribution in [2.45, 2.75) is 13.8 Å². The first-order chi connectivity index (χ1) is 12.2. The molecule has 0 amide bonds. The summed E-state index contributed by atoms with van der Waals surface area (Å²) >= 11 is 1.33. The van der Waals surface area contributed by atoms with Gasteiger partial charge in [-0.1, -0.05) is 59.9 Å². The Kier molecular flexibility index (Phi) is 4.95. The summed E-state index contributed by atoms with van der Waals surface area (Å²) < 4.78 is 0. The van der Waals surface area contributed by atoms with E-state index in [-0.39, 0.29) is 11.5 Å². The van der Waals surface area contributed by atoms with E-state index in [4.69, 9.17) is 0 Å². The van der Waals surface area contributed by atoms with Gasteiger partial charge in [0, 0.05) is 11.1 Å². The lowest BCUT2D eigenvalue weighted by molar-refractivity contribution is 0.475. The standard InChI is InChI=1S/C20H18N2O2S/c1-3-7-13-9-5-11-15(17(13)23)19-21-22-20(25-19)16-12-6-10-14(8-4-2)18(16)24/h3-12,23-24H,1-2H3/b7-3+,8-4+. The second-order valence-corrected chi connectivity index (χ2v) is 6.38. The highest BCUT2D eigenvalue weighted by atomic mass is 32.1. The third-order valence-corrected chi connectivity index (χ3v) is 4.70. The fourth-order valence-corrected chi connectivity index (χ4v) is 3.43. The van der Waals surface area contributed by atoms with E-state index in [0.29, 0.717) is 21.1 Å². The maximum absolute atomic E-state index is 10.5. The smallest absolute Gasteiger partial charge is 0.151 e. The summed E-state index contributed by atoms with van der Waals surface area (Å²) in [5.41, 5.74) is 2.72. The van der Waals surface area contributed by atoms with Gasteiger partial charge >= 0.3 is 0 Å². The number of hydrogen-bond acceptors (Lipinski definition) is 5. The molecule has 3 rings (SSSR count). The lowest BCUT2D eigenvalue weighted by atomic mass is 10.1. The number of para-hydroxylation sites is 2. The van der Waals surface area contributed by atoms with E-state index < -0.39 is 0 Å². The van der Waals surface area contributed by atoms with Gasteiger partial charge < -0.3 is 10.2 Å². The summed E-state index contributed by atoms with van der Waals surface area (Å²) in [5.74, 6) is 0.352. The molecule has 0 atom stereocenters. The van der Waals surface area contributed by atoms with E-state index in [2.05, 4.69) is 10.2 Å². The summed E-state index contributed by atoms with van der Waals surface area (Å²) in [7, 11) is 0. The lowest BCUT2D eigenvalue weighted by Gasteiger charge is -2.04. The highest BCUT2D eigenvalue weighted by Crippen LogP contribution is 2.40. The van der Waals surface area contributed by atoms with Crippen LogP contribution in [0.2, 0.25) is 0 Å². The fourth-order valence-electron chi connectivity index (χ4n) is 2.54. The predicted octanol–water partition coefficient (Wildman–Crippen LogP) is 5.35. The number of phenols is 2. The van der Waals surface area contributed by atoms with Gasteiger partial charge in [-0.05, 0) is 26.0 Å². The summed E-state index contributed by atoms with van der Waals surface area (Å²) in [4.78, 5) is 0. The summed E-state index contributed by atoms with van der Waals surface area (Å²) in [6, 6.07) is 11.0. The molecule has 25 heavy (non-hydrogen) atoms. The fraction of sp³-hybridized carbons (Fsp3) is 0.100. The molecule has 1 heterocycles. The van der Waals surface area contributed by atoms with Gasteiger partial charge in [0.05, 0.1) is 11.1 Å². The van der Waals surface area contributed by atoms with Gasteiger partial charge in [-0.3, -0.25) is 0 Å². The van der Waals surface area contributed by atoms with Crippen molar-refractivity contribution in [2.75, 3.05) is 0 Å². The van der Waals surface area contributed by atoms with Crippen molar-refractivity contribution in [3.63, 3.8) is 0 Å². The third kappa shape index (κ3) is 3.32. The monoisotopic (exact) mass is 350 g/mol. The van der Waals surface area contributed by atoms with Gasteiger partial charge in [-0.15, -0.1) is 10.2 Å². The second-order valence-electron chi connectivity index (χ2n) is 5.40. The molecule has 3 aromatic rings. The molecular weight excluding hydrogens is 332 g/mol. The van der Waals surface area contributed by atoms with Crippen LogP contribution in [0.4, 0.5) is 0 Å². The number of allylic oxidation sites excluding steroid dienone is 2. The Labute approximate surface area is 150 Å². The lowest BCUT2D eigenvalue weighted by Crippen LogP contribution is -1.82. The first kappa shape index (κ1) is 16.9. The Morgan fingerprint density at radius 1 is 0.760 bits per heavy atom. The van der Waals surface area contributed by atoms with Crippen LogP contribution in [0.5, 0.6) is 11.5 Å². The molecule has 0 aliphatic heterocycles. The molecule has 1 aromatic heterocycles. The Morgan fingerprint density at radius 2 is 1.20 bits per heavy atom. The molecule has 0 saturated heterocycles.